The van der Waals surface area contributed by atoms with E-state index in [1.807, 2.05) is 0 Å². The second kappa shape index (κ2) is 4.12. The van der Waals surface area contributed by atoms with Crippen molar-refractivity contribution in [2.45, 2.75) is 50.2 Å². The summed E-state index contributed by atoms with van der Waals surface area (Å²) in [4.78, 5) is 12.2. The van der Waals surface area contributed by atoms with Crippen LogP contribution in [0.5, 0.6) is 0 Å². The summed E-state index contributed by atoms with van der Waals surface area (Å²) in [5.74, 6) is -4.07. The highest BCUT2D eigenvalue weighted by Crippen LogP contribution is 2.54. The summed E-state index contributed by atoms with van der Waals surface area (Å²) in [6.07, 6.45) is 0.538. The first-order chi connectivity index (χ1) is 8.87. The third-order valence-corrected chi connectivity index (χ3v) is 5.07. The van der Waals surface area contributed by atoms with Crippen LogP contribution in [0.4, 0.5) is 8.78 Å². The molecule has 4 atom stereocenters. The quantitative estimate of drug-likeness (QED) is 0.706. The van der Waals surface area contributed by atoms with E-state index < -0.39 is 41.9 Å². The molecule has 3 rings (SSSR count). The van der Waals surface area contributed by atoms with Crippen LogP contribution in [0.2, 0.25) is 0 Å². The van der Waals surface area contributed by atoms with Gasteiger partial charge in [0.05, 0.1) is 24.2 Å². The molecule has 0 unspecified atom stereocenters. The number of fused-ring (bicyclic) bond motifs is 2. The molecule has 0 saturated heterocycles. The first-order valence-electron chi connectivity index (χ1n) is 6.89. The molecule has 108 valence electrons. The molecule has 1 amide bonds. The van der Waals surface area contributed by atoms with E-state index in [9.17, 15) is 23.8 Å². The fourth-order valence-electron chi connectivity index (χ4n) is 3.62. The molecule has 0 aromatic rings. The topological polar surface area (TPSA) is 69.6 Å². The Labute approximate surface area is 110 Å². The van der Waals surface area contributed by atoms with E-state index in [-0.39, 0.29) is 5.92 Å². The number of aliphatic hydroxyl groups is 2. The zero-order valence-corrected chi connectivity index (χ0v) is 10.6. The third-order valence-electron chi connectivity index (χ3n) is 5.07. The molecule has 0 aromatic heterocycles. The van der Waals surface area contributed by atoms with Gasteiger partial charge in [0.15, 0.2) is 0 Å². The molecular weight excluding hydrogens is 256 g/mol. The Morgan fingerprint density at radius 3 is 2.53 bits per heavy atom. The Morgan fingerprint density at radius 1 is 1.32 bits per heavy atom. The standard InChI is InChI=1S/C13H19F2NO3/c14-13(15,8-1-2-8)6-16-11(19)12-4-3-7(5-12)9(17)10(12)18/h7-10,17-18H,1-6H2,(H,16,19)/t7-,9+,10+,12-/m1/s1. The Kier molecular flexibility index (Phi) is 2.87. The summed E-state index contributed by atoms with van der Waals surface area (Å²) in [6, 6.07) is 0. The van der Waals surface area contributed by atoms with Gasteiger partial charge in [0.2, 0.25) is 5.91 Å². The number of alkyl halides is 2. The van der Waals surface area contributed by atoms with Gasteiger partial charge in [0.25, 0.3) is 5.92 Å². The lowest BCUT2D eigenvalue weighted by atomic mass is 9.80. The zero-order chi connectivity index (χ0) is 13.8. The normalized spacial score (nSPS) is 41.6. The molecule has 3 saturated carbocycles. The molecule has 19 heavy (non-hydrogen) atoms. The van der Waals surface area contributed by atoms with Crippen LogP contribution in [0, 0.1) is 17.3 Å². The molecule has 0 aliphatic heterocycles. The number of carbonyl (C=O) groups excluding carboxylic acids is 1. The Hall–Kier alpha value is -0.750. The van der Waals surface area contributed by atoms with E-state index in [2.05, 4.69) is 5.32 Å². The summed E-state index contributed by atoms with van der Waals surface area (Å²) in [5.41, 5.74) is -1.05. The number of nitrogens with one attached hydrogen (secondary N) is 1. The van der Waals surface area contributed by atoms with E-state index in [1.54, 1.807) is 0 Å². The number of hydrogen-bond acceptors (Lipinski definition) is 3. The maximum absolute atomic E-state index is 13.5. The summed E-state index contributed by atoms with van der Waals surface area (Å²) in [6.45, 7) is -0.661. The number of hydrogen-bond donors (Lipinski definition) is 3. The average Bonchev–Trinajstić information content (AvgIpc) is 3.10. The fourth-order valence-corrected chi connectivity index (χ4v) is 3.62. The molecule has 0 heterocycles. The molecule has 0 aromatic carbocycles. The highest BCUT2D eigenvalue weighted by molar-refractivity contribution is 5.84. The lowest BCUT2D eigenvalue weighted by Crippen LogP contribution is -2.51. The Morgan fingerprint density at radius 2 is 2.00 bits per heavy atom. The van der Waals surface area contributed by atoms with Gasteiger partial charge in [-0.1, -0.05) is 0 Å². The van der Waals surface area contributed by atoms with Crippen LogP contribution in [0.25, 0.3) is 0 Å². The molecule has 6 heteroatoms. The van der Waals surface area contributed by atoms with Gasteiger partial charge in [0, 0.05) is 5.92 Å². The van der Waals surface area contributed by atoms with Crippen LogP contribution >= 0.6 is 0 Å². The lowest BCUT2D eigenvalue weighted by molar-refractivity contribution is -0.143. The second-order valence-electron chi connectivity index (χ2n) is 6.31. The van der Waals surface area contributed by atoms with Gasteiger partial charge in [-0.3, -0.25) is 4.79 Å². The molecule has 2 bridgehead atoms. The van der Waals surface area contributed by atoms with Crippen molar-refractivity contribution in [3.8, 4) is 0 Å². The largest absolute Gasteiger partial charge is 0.390 e. The Bertz CT molecular complexity index is 399. The maximum Gasteiger partial charge on any atom is 0.267 e. The van der Waals surface area contributed by atoms with Crippen molar-refractivity contribution in [3.63, 3.8) is 0 Å². The highest BCUT2D eigenvalue weighted by atomic mass is 19.3. The first kappa shape index (κ1) is 13.2. The van der Waals surface area contributed by atoms with Crippen molar-refractivity contribution in [1.82, 2.24) is 5.32 Å². The molecule has 3 N–H and O–H groups in total. The monoisotopic (exact) mass is 275 g/mol. The predicted molar refractivity (Wildman–Crippen MR) is 62.5 cm³/mol. The predicted octanol–water partition coefficient (Wildman–Crippen LogP) is 0.670. The van der Waals surface area contributed by atoms with Gasteiger partial charge in [-0.25, -0.2) is 8.78 Å². The van der Waals surface area contributed by atoms with Crippen LogP contribution in [0.15, 0.2) is 0 Å². The zero-order valence-electron chi connectivity index (χ0n) is 10.6. The number of carbonyl (C=O) groups is 1. The van der Waals surface area contributed by atoms with E-state index >= 15 is 0 Å². The SMILES string of the molecule is O=C(NCC(F)(F)C1CC1)[C@]12CC[C@H](C1)[C@H](O)[C@@H]2O. The van der Waals surface area contributed by atoms with Crippen molar-refractivity contribution >= 4 is 5.91 Å². The smallest absolute Gasteiger partial charge is 0.267 e. The minimum Gasteiger partial charge on any atom is -0.390 e. The van der Waals surface area contributed by atoms with Crippen molar-refractivity contribution in [3.05, 3.63) is 0 Å². The van der Waals surface area contributed by atoms with Crippen molar-refractivity contribution in [2.75, 3.05) is 6.54 Å². The molecule has 3 fully saturated rings. The molecular formula is C13H19F2NO3. The van der Waals surface area contributed by atoms with Gasteiger partial charge in [0.1, 0.15) is 0 Å². The number of halogens is 2. The van der Waals surface area contributed by atoms with Crippen LogP contribution in [0.1, 0.15) is 32.1 Å². The van der Waals surface area contributed by atoms with Crippen molar-refractivity contribution in [2.24, 2.45) is 17.3 Å². The lowest BCUT2D eigenvalue weighted by Gasteiger charge is -2.33. The molecule has 0 spiro atoms. The Balaban J connectivity index is 1.64. The summed E-state index contributed by atoms with van der Waals surface area (Å²) < 4.78 is 27.1. The summed E-state index contributed by atoms with van der Waals surface area (Å²) in [7, 11) is 0. The first-order valence-corrected chi connectivity index (χ1v) is 6.89. The van der Waals surface area contributed by atoms with E-state index in [0.29, 0.717) is 32.1 Å². The van der Waals surface area contributed by atoms with Gasteiger partial charge < -0.3 is 15.5 Å². The third kappa shape index (κ3) is 1.96. The summed E-state index contributed by atoms with van der Waals surface area (Å²) in [5, 5.41) is 22.0. The number of rotatable bonds is 4. The molecule has 3 aliphatic rings. The van der Waals surface area contributed by atoms with Gasteiger partial charge in [-0.2, -0.15) is 0 Å². The van der Waals surface area contributed by atoms with Gasteiger partial charge in [-0.15, -0.1) is 0 Å². The second-order valence-corrected chi connectivity index (χ2v) is 6.31. The van der Waals surface area contributed by atoms with E-state index in [4.69, 9.17) is 0 Å². The highest BCUT2D eigenvalue weighted by Gasteiger charge is 2.61. The number of amides is 1. The van der Waals surface area contributed by atoms with Gasteiger partial charge >= 0.3 is 0 Å². The van der Waals surface area contributed by atoms with Crippen molar-refractivity contribution in [1.29, 1.82) is 0 Å². The van der Waals surface area contributed by atoms with Crippen LogP contribution in [-0.4, -0.2) is 40.8 Å². The average molecular weight is 275 g/mol. The maximum atomic E-state index is 13.5. The molecule has 3 aliphatic carbocycles. The molecule has 0 radical (unpaired) electrons. The van der Waals surface area contributed by atoms with E-state index in [0.717, 1.165) is 0 Å². The fraction of sp³-hybridized carbons (Fsp3) is 0.923. The van der Waals surface area contributed by atoms with Crippen molar-refractivity contribution < 1.29 is 23.8 Å². The summed E-state index contributed by atoms with van der Waals surface area (Å²) >= 11 is 0. The van der Waals surface area contributed by atoms with Crippen LogP contribution < -0.4 is 5.32 Å². The molecule has 4 nitrogen and oxygen atoms in total. The van der Waals surface area contributed by atoms with Gasteiger partial charge in [-0.05, 0) is 38.0 Å². The van der Waals surface area contributed by atoms with E-state index in [1.165, 1.54) is 0 Å². The van der Waals surface area contributed by atoms with Crippen LogP contribution in [-0.2, 0) is 4.79 Å². The minimum atomic E-state index is -2.85. The number of aliphatic hydroxyl groups excluding tert-OH is 2. The van der Waals surface area contributed by atoms with Crippen LogP contribution in [0.3, 0.4) is 0 Å². The minimum absolute atomic E-state index is 0.0790.